The first-order valence-electron chi connectivity index (χ1n) is 4.02. The highest BCUT2D eigenvalue weighted by molar-refractivity contribution is 5.09. The molecule has 1 unspecified atom stereocenters. The summed E-state index contributed by atoms with van der Waals surface area (Å²) in [5, 5.41) is 9.19. The maximum Gasteiger partial charge on any atom is 0.0721 e. The Morgan fingerprint density at radius 2 is 2.17 bits per heavy atom. The zero-order valence-electron chi connectivity index (χ0n) is 6.98. The predicted octanol–water partition coefficient (Wildman–Crippen LogP) is 1.56. The van der Waals surface area contributed by atoms with Crippen molar-refractivity contribution in [1.29, 1.82) is 0 Å². The molecule has 0 aliphatic heterocycles. The van der Waals surface area contributed by atoms with Crippen LogP contribution in [0.3, 0.4) is 0 Å². The molecular formula is C10H13NO. The number of hydrogen-bond donors (Lipinski definition) is 1. The molecule has 0 saturated carbocycles. The van der Waals surface area contributed by atoms with Crippen molar-refractivity contribution in [1.82, 2.24) is 4.98 Å². The Kier molecular flexibility index (Phi) is 3.48. The molecule has 0 spiro atoms. The van der Waals surface area contributed by atoms with Gasteiger partial charge in [0, 0.05) is 12.4 Å². The van der Waals surface area contributed by atoms with Crippen LogP contribution >= 0.6 is 0 Å². The molecule has 12 heavy (non-hydrogen) atoms. The maximum atomic E-state index is 9.19. The minimum atomic E-state index is -0.391. The van der Waals surface area contributed by atoms with Crippen molar-refractivity contribution < 1.29 is 5.11 Å². The van der Waals surface area contributed by atoms with Gasteiger partial charge in [-0.25, -0.2) is 0 Å². The van der Waals surface area contributed by atoms with E-state index >= 15 is 0 Å². The van der Waals surface area contributed by atoms with Gasteiger partial charge in [-0.15, -0.1) is 6.58 Å². The lowest BCUT2D eigenvalue weighted by atomic mass is 10.1. The second kappa shape index (κ2) is 4.67. The Labute approximate surface area is 72.6 Å². The van der Waals surface area contributed by atoms with E-state index < -0.39 is 6.10 Å². The van der Waals surface area contributed by atoms with Gasteiger partial charge in [0.2, 0.25) is 0 Å². The fourth-order valence-electron chi connectivity index (χ4n) is 0.982. The Bertz CT molecular complexity index is 233. The third-order valence-corrected chi connectivity index (χ3v) is 1.75. The van der Waals surface area contributed by atoms with Gasteiger partial charge in [-0.2, -0.15) is 0 Å². The molecule has 0 radical (unpaired) electrons. The Balaban J connectivity index is 2.38. The van der Waals surface area contributed by atoms with Crippen LogP contribution in [0.5, 0.6) is 0 Å². The quantitative estimate of drug-likeness (QED) is 0.683. The lowest BCUT2D eigenvalue weighted by Crippen LogP contribution is -2.02. The number of aromatic nitrogens is 1. The van der Waals surface area contributed by atoms with E-state index in [-0.39, 0.29) is 0 Å². The highest BCUT2D eigenvalue weighted by Gasteiger charge is 1.98. The third kappa shape index (κ3) is 2.84. The third-order valence-electron chi connectivity index (χ3n) is 1.75. The zero-order valence-corrected chi connectivity index (χ0v) is 6.98. The molecule has 1 aromatic heterocycles. The van der Waals surface area contributed by atoms with Crippen LogP contribution in [0, 0.1) is 0 Å². The van der Waals surface area contributed by atoms with Crippen molar-refractivity contribution in [2.24, 2.45) is 0 Å². The predicted molar refractivity (Wildman–Crippen MR) is 48.8 cm³/mol. The number of hydrogen-bond acceptors (Lipinski definition) is 2. The monoisotopic (exact) mass is 163 g/mol. The summed E-state index contributed by atoms with van der Waals surface area (Å²) < 4.78 is 0. The van der Waals surface area contributed by atoms with E-state index in [2.05, 4.69) is 11.6 Å². The second-order valence-electron chi connectivity index (χ2n) is 2.70. The minimum Gasteiger partial charge on any atom is -0.389 e. The van der Waals surface area contributed by atoms with E-state index in [0.717, 1.165) is 12.8 Å². The molecule has 0 amide bonds. The highest BCUT2D eigenvalue weighted by Crippen LogP contribution is 2.03. The van der Waals surface area contributed by atoms with E-state index in [1.54, 1.807) is 18.5 Å². The number of nitrogens with zero attached hydrogens (tertiary/aromatic N) is 1. The summed E-state index contributed by atoms with van der Waals surface area (Å²) in [4.78, 5) is 3.91. The van der Waals surface area contributed by atoms with Crippen molar-refractivity contribution in [3.8, 4) is 0 Å². The van der Waals surface area contributed by atoms with Crippen LogP contribution in [-0.2, 0) is 6.42 Å². The van der Waals surface area contributed by atoms with Gasteiger partial charge in [-0.3, -0.25) is 4.98 Å². The average Bonchev–Trinajstić information content (AvgIpc) is 2.16. The SMILES string of the molecule is C=CC(O)CCc1ccncc1. The molecule has 2 nitrogen and oxygen atoms in total. The standard InChI is InChI=1S/C10H13NO/c1-2-10(12)4-3-9-5-7-11-8-6-9/h2,5-8,10,12H,1,3-4H2. The van der Waals surface area contributed by atoms with Crippen LogP contribution in [0.25, 0.3) is 0 Å². The molecule has 1 rings (SSSR count). The van der Waals surface area contributed by atoms with Gasteiger partial charge in [0.1, 0.15) is 0 Å². The molecule has 1 N–H and O–H groups in total. The lowest BCUT2D eigenvalue weighted by molar-refractivity contribution is 0.213. The van der Waals surface area contributed by atoms with Gasteiger partial charge >= 0.3 is 0 Å². The molecule has 64 valence electrons. The molecule has 0 bridgehead atoms. The van der Waals surface area contributed by atoms with E-state index in [9.17, 15) is 5.11 Å². The topological polar surface area (TPSA) is 33.1 Å². The van der Waals surface area contributed by atoms with Crippen molar-refractivity contribution in [2.45, 2.75) is 18.9 Å². The summed E-state index contributed by atoms with van der Waals surface area (Å²) in [5.74, 6) is 0. The van der Waals surface area contributed by atoms with E-state index in [1.165, 1.54) is 5.56 Å². The van der Waals surface area contributed by atoms with Crippen LogP contribution in [0.1, 0.15) is 12.0 Å². The molecule has 0 saturated heterocycles. The molecule has 1 aromatic rings. The largest absolute Gasteiger partial charge is 0.389 e. The summed E-state index contributed by atoms with van der Waals surface area (Å²) in [6, 6.07) is 3.91. The van der Waals surface area contributed by atoms with Gasteiger partial charge in [0.15, 0.2) is 0 Å². The first-order chi connectivity index (χ1) is 5.83. The summed E-state index contributed by atoms with van der Waals surface area (Å²) in [5.41, 5.74) is 1.20. The van der Waals surface area contributed by atoms with Gasteiger partial charge < -0.3 is 5.11 Å². The first kappa shape index (κ1) is 8.94. The highest BCUT2D eigenvalue weighted by atomic mass is 16.3. The smallest absolute Gasteiger partial charge is 0.0721 e. The molecular weight excluding hydrogens is 150 g/mol. The van der Waals surface area contributed by atoms with E-state index in [0.29, 0.717) is 0 Å². The minimum absolute atomic E-state index is 0.391. The number of rotatable bonds is 4. The number of aliphatic hydroxyl groups excluding tert-OH is 1. The van der Waals surface area contributed by atoms with Gasteiger partial charge in [0.05, 0.1) is 6.10 Å². The fourth-order valence-corrected chi connectivity index (χ4v) is 0.982. The van der Waals surface area contributed by atoms with Crippen LogP contribution in [0.2, 0.25) is 0 Å². The Morgan fingerprint density at radius 1 is 1.50 bits per heavy atom. The Morgan fingerprint density at radius 3 is 2.75 bits per heavy atom. The van der Waals surface area contributed by atoms with Crippen molar-refractivity contribution in [3.05, 3.63) is 42.7 Å². The summed E-state index contributed by atoms with van der Waals surface area (Å²) in [6.45, 7) is 3.51. The fraction of sp³-hybridized carbons (Fsp3) is 0.300. The zero-order chi connectivity index (χ0) is 8.81. The van der Waals surface area contributed by atoms with Gasteiger partial charge in [-0.05, 0) is 30.5 Å². The number of aliphatic hydroxyl groups is 1. The average molecular weight is 163 g/mol. The summed E-state index contributed by atoms with van der Waals surface area (Å²) in [6.07, 6.45) is 6.29. The van der Waals surface area contributed by atoms with Crippen LogP contribution in [0.15, 0.2) is 37.2 Å². The van der Waals surface area contributed by atoms with Crippen molar-refractivity contribution >= 4 is 0 Å². The van der Waals surface area contributed by atoms with Gasteiger partial charge in [0.25, 0.3) is 0 Å². The number of pyridine rings is 1. The first-order valence-corrected chi connectivity index (χ1v) is 4.02. The lowest BCUT2D eigenvalue weighted by Gasteiger charge is -2.03. The normalized spacial score (nSPS) is 12.4. The molecule has 0 aliphatic rings. The van der Waals surface area contributed by atoms with E-state index in [1.807, 2.05) is 12.1 Å². The summed E-state index contributed by atoms with van der Waals surface area (Å²) >= 11 is 0. The molecule has 1 heterocycles. The van der Waals surface area contributed by atoms with Crippen molar-refractivity contribution in [3.63, 3.8) is 0 Å². The van der Waals surface area contributed by atoms with Crippen LogP contribution in [0.4, 0.5) is 0 Å². The van der Waals surface area contributed by atoms with Crippen molar-refractivity contribution in [2.75, 3.05) is 0 Å². The molecule has 0 aliphatic carbocycles. The molecule has 0 fully saturated rings. The molecule has 0 aromatic carbocycles. The number of aryl methyl sites for hydroxylation is 1. The van der Waals surface area contributed by atoms with Crippen LogP contribution in [-0.4, -0.2) is 16.2 Å². The van der Waals surface area contributed by atoms with E-state index in [4.69, 9.17) is 0 Å². The van der Waals surface area contributed by atoms with Gasteiger partial charge in [-0.1, -0.05) is 6.08 Å². The van der Waals surface area contributed by atoms with Crippen LogP contribution < -0.4 is 0 Å². The molecule has 2 heteroatoms. The maximum absolute atomic E-state index is 9.19. The summed E-state index contributed by atoms with van der Waals surface area (Å²) in [7, 11) is 0. The second-order valence-corrected chi connectivity index (χ2v) is 2.70. The Hall–Kier alpha value is -1.15. The molecule has 1 atom stereocenters.